The van der Waals surface area contributed by atoms with Crippen molar-refractivity contribution < 1.29 is 0 Å². The quantitative estimate of drug-likeness (QED) is 0.722. The highest BCUT2D eigenvalue weighted by Crippen LogP contribution is 2.34. The third kappa shape index (κ3) is 5.97. The third-order valence-corrected chi connectivity index (χ3v) is 4.86. The van der Waals surface area contributed by atoms with Crippen LogP contribution in [-0.2, 0) is 0 Å². The Morgan fingerprint density at radius 2 is 1.89 bits per heavy atom. The van der Waals surface area contributed by atoms with Crippen molar-refractivity contribution in [3.05, 3.63) is 0 Å². The van der Waals surface area contributed by atoms with Crippen molar-refractivity contribution in [2.45, 2.75) is 59.8 Å². The van der Waals surface area contributed by atoms with Crippen LogP contribution in [0.2, 0.25) is 0 Å². The maximum absolute atomic E-state index is 4.33. The second kappa shape index (κ2) is 7.79. The first-order chi connectivity index (χ1) is 8.43. The molecule has 1 fully saturated rings. The van der Waals surface area contributed by atoms with Gasteiger partial charge in [0.25, 0.3) is 0 Å². The fourth-order valence-electron chi connectivity index (χ4n) is 3.01. The van der Waals surface area contributed by atoms with Gasteiger partial charge in [-0.15, -0.1) is 0 Å². The van der Waals surface area contributed by atoms with E-state index in [4.69, 9.17) is 0 Å². The Labute approximate surface area is 120 Å². The first-order valence-electron chi connectivity index (χ1n) is 7.76. The predicted octanol–water partition coefficient (Wildman–Crippen LogP) is 4.48. The van der Waals surface area contributed by atoms with Crippen LogP contribution in [0.1, 0.15) is 59.8 Å². The van der Waals surface area contributed by atoms with Crippen LogP contribution in [0.25, 0.3) is 0 Å². The van der Waals surface area contributed by atoms with Crippen molar-refractivity contribution in [2.75, 3.05) is 25.4 Å². The SMILES string of the molecule is CC(CCS)CCN1CCCC(C(C)(C)C)CC1. The molecule has 18 heavy (non-hydrogen) atoms. The second-order valence-corrected chi connectivity index (χ2v) is 7.69. The van der Waals surface area contributed by atoms with Gasteiger partial charge in [-0.2, -0.15) is 12.6 Å². The first-order valence-corrected chi connectivity index (χ1v) is 8.40. The molecule has 2 atom stereocenters. The predicted molar refractivity (Wildman–Crippen MR) is 85.5 cm³/mol. The molecule has 2 unspecified atom stereocenters. The Kier molecular flexibility index (Phi) is 7.08. The topological polar surface area (TPSA) is 3.24 Å². The van der Waals surface area contributed by atoms with Gasteiger partial charge < -0.3 is 4.90 Å². The summed E-state index contributed by atoms with van der Waals surface area (Å²) in [5.74, 6) is 2.79. The molecule has 0 saturated carbocycles. The molecule has 0 N–H and O–H groups in total. The second-order valence-electron chi connectivity index (χ2n) is 7.24. The number of nitrogens with zero attached hydrogens (tertiary/aromatic N) is 1. The number of hydrogen-bond donors (Lipinski definition) is 1. The molecular formula is C16H33NS. The van der Waals surface area contributed by atoms with Crippen molar-refractivity contribution >= 4 is 12.6 Å². The number of likely N-dealkylation sites (tertiary alicyclic amines) is 1. The van der Waals surface area contributed by atoms with Crippen LogP contribution in [0.3, 0.4) is 0 Å². The van der Waals surface area contributed by atoms with E-state index in [0.717, 1.165) is 17.6 Å². The molecule has 1 heterocycles. The summed E-state index contributed by atoms with van der Waals surface area (Å²) in [5.41, 5.74) is 0.495. The highest BCUT2D eigenvalue weighted by atomic mass is 32.1. The summed E-state index contributed by atoms with van der Waals surface area (Å²) in [6.07, 6.45) is 6.82. The molecule has 0 spiro atoms. The summed E-state index contributed by atoms with van der Waals surface area (Å²) < 4.78 is 0. The van der Waals surface area contributed by atoms with Crippen molar-refractivity contribution in [2.24, 2.45) is 17.3 Å². The van der Waals surface area contributed by atoms with Gasteiger partial charge in [0.15, 0.2) is 0 Å². The van der Waals surface area contributed by atoms with E-state index in [2.05, 4.69) is 45.2 Å². The molecule has 0 bridgehead atoms. The van der Waals surface area contributed by atoms with Crippen molar-refractivity contribution in [3.8, 4) is 0 Å². The normalized spacial score (nSPS) is 24.8. The number of hydrogen-bond acceptors (Lipinski definition) is 2. The molecular weight excluding hydrogens is 238 g/mol. The summed E-state index contributed by atoms with van der Waals surface area (Å²) in [5, 5.41) is 0. The third-order valence-electron chi connectivity index (χ3n) is 4.61. The Morgan fingerprint density at radius 3 is 2.50 bits per heavy atom. The Bertz CT molecular complexity index is 222. The zero-order chi connectivity index (χ0) is 13.6. The monoisotopic (exact) mass is 271 g/mol. The fraction of sp³-hybridized carbons (Fsp3) is 1.00. The minimum absolute atomic E-state index is 0.495. The molecule has 1 aliphatic rings. The minimum atomic E-state index is 0.495. The van der Waals surface area contributed by atoms with Gasteiger partial charge in [0.1, 0.15) is 0 Å². The lowest BCUT2D eigenvalue weighted by Gasteiger charge is -2.30. The van der Waals surface area contributed by atoms with Gasteiger partial charge >= 0.3 is 0 Å². The summed E-state index contributed by atoms with van der Waals surface area (Å²) in [6.45, 7) is 13.5. The van der Waals surface area contributed by atoms with E-state index < -0.39 is 0 Å². The molecule has 0 aliphatic carbocycles. The molecule has 1 nitrogen and oxygen atoms in total. The molecule has 2 heteroatoms. The van der Waals surface area contributed by atoms with Crippen LogP contribution in [-0.4, -0.2) is 30.3 Å². The van der Waals surface area contributed by atoms with E-state index >= 15 is 0 Å². The average Bonchev–Trinajstić information content (AvgIpc) is 2.51. The summed E-state index contributed by atoms with van der Waals surface area (Å²) in [7, 11) is 0. The van der Waals surface area contributed by atoms with Crippen LogP contribution in [0.4, 0.5) is 0 Å². The summed E-state index contributed by atoms with van der Waals surface area (Å²) >= 11 is 4.33. The summed E-state index contributed by atoms with van der Waals surface area (Å²) in [4.78, 5) is 2.70. The van der Waals surface area contributed by atoms with Gasteiger partial charge in [-0.3, -0.25) is 0 Å². The standard InChI is InChI=1S/C16H33NS/c1-14(9-13-18)7-11-17-10-5-6-15(8-12-17)16(2,3)4/h14-15,18H,5-13H2,1-4H3. The zero-order valence-electron chi connectivity index (χ0n) is 12.9. The molecule has 0 radical (unpaired) electrons. The van der Waals surface area contributed by atoms with E-state index in [-0.39, 0.29) is 0 Å². The fourth-order valence-corrected chi connectivity index (χ4v) is 3.45. The van der Waals surface area contributed by atoms with Gasteiger partial charge in [0, 0.05) is 0 Å². The highest BCUT2D eigenvalue weighted by molar-refractivity contribution is 7.80. The van der Waals surface area contributed by atoms with E-state index in [0.29, 0.717) is 5.41 Å². The maximum Gasteiger partial charge on any atom is -0.00159 e. The van der Waals surface area contributed by atoms with Crippen molar-refractivity contribution in [3.63, 3.8) is 0 Å². The molecule has 0 aromatic carbocycles. The van der Waals surface area contributed by atoms with E-state index in [1.807, 2.05) is 0 Å². The van der Waals surface area contributed by atoms with Crippen molar-refractivity contribution in [1.82, 2.24) is 4.90 Å². The molecule has 1 saturated heterocycles. The van der Waals surface area contributed by atoms with E-state index in [1.165, 1.54) is 51.7 Å². The first kappa shape index (κ1) is 16.4. The largest absolute Gasteiger partial charge is 0.303 e. The maximum atomic E-state index is 4.33. The van der Waals surface area contributed by atoms with Gasteiger partial charge in [-0.1, -0.05) is 27.7 Å². The van der Waals surface area contributed by atoms with E-state index in [9.17, 15) is 0 Å². The van der Waals surface area contributed by atoms with Gasteiger partial charge in [0.2, 0.25) is 0 Å². The van der Waals surface area contributed by atoms with Gasteiger partial charge in [0.05, 0.1) is 0 Å². The molecule has 0 amide bonds. The Hall–Kier alpha value is 0.310. The highest BCUT2D eigenvalue weighted by Gasteiger charge is 2.26. The lowest BCUT2D eigenvalue weighted by molar-refractivity contribution is 0.205. The zero-order valence-corrected chi connectivity index (χ0v) is 13.8. The molecule has 1 aliphatic heterocycles. The van der Waals surface area contributed by atoms with Crippen LogP contribution in [0.5, 0.6) is 0 Å². The number of rotatable bonds is 5. The van der Waals surface area contributed by atoms with Crippen LogP contribution in [0.15, 0.2) is 0 Å². The number of thiol groups is 1. The van der Waals surface area contributed by atoms with Crippen molar-refractivity contribution in [1.29, 1.82) is 0 Å². The molecule has 0 aromatic rings. The summed E-state index contributed by atoms with van der Waals surface area (Å²) in [6, 6.07) is 0. The van der Waals surface area contributed by atoms with Crippen LogP contribution in [0, 0.1) is 17.3 Å². The minimum Gasteiger partial charge on any atom is -0.303 e. The van der Waals surface area contributed by atoms with Gasteiger partial charge in [-0.05, 0) is 74.7 Å². The lowest BCUT2D eigenvalue weighted by atomic mass is 9.77. The molecule has 108 valence electrons. The lowest BCUT2D eigenvalue weighted by Crippen LogP contribution is -2.28. The van der Waals surface area contributed by atoms with Crippen LogP contribution >= 0.6 is 12.6 Å². The average molecular weight is 272 g/mol. The molecule has 1 rings (SSSR count). The molecule has 0 aromatic heterocycles. The van der Waals surface area contributed by atoms with E-state index in [1.54, 1.807) is 0 Å². The Balaban J connectivity index is 2.29. The smallest absolute Gasteiger partial charge is 0.00159 e. The Morgan fingerprint density at radius 1 is 1.17 bits per heavy atom. The van der Waals surface area contributed by atoms with Gasteiger partial charge in [-0.25, -0.2) is 0 Å². The van der Waals surface area contributed by atoms with Crippen LogP contribution < -0.4 is 0 Å².